The summed E-state index contributed by atoms with van der Waals surface area (Å²) in [5.74, 6) is -3.04. The van der Waals surface area contributed by atoms with Gasteiger partial charge in [-0.15, -0.1) is 0 Å². The smallest absolute Gasteiger partial charge is 0.347 e. The minimum Gasteiger partial charge on any atom is -0.478 e. The highest BCUT2D eigenvalue weighted by molar-refractivity contribution is 9.10. The largest absolute Gasteiger partial charge is 0.478 e. The molecule has 2 aliphatic heterocycles. The quantitative estimate of drug-likeness (QED) is 0.325. The van der Waals surface area contributed by atoms with E-state index in [4.69, 9.17) is 16.3 Å². The molecular formula is C29H25BrClFN2O5. The molecule has 39 heavy (non-hydrogen) atoms. The number of aliphatic carboxylic acids is 1. The SMILES string of the molecule is Cc1ccc(F)cc1[C@@H]1NC(=O)C[C@H](c2cc(Br)ccc2OC(C)(C)C(=O)O)C12C(=O)Nc1cc(Cl)ccc12. The summed E-state index contributed by atoms with van der Waals surface area (Å²) in [4.78, 5) is 39.5. The first-order valence-corrected chi connectivity index (χ1v) is 13.4. The van der Waals surface area contributed by atoms with Crippen molar-refractivity contribution >= 4 is 51.0 Å². The number of amides is 2. The third kappa shape index (κ3) is 4.47. The van der Waals surface area contributed by atoms with Gasteiger partial charge in [0.15, 0.2) is 5.60 Å². The molecule has 7 nitrogen and oxygen atoms in total. The van der Waals surface area contributed by atoms with Crippen molar-refractivity contribution in [2.45, 2.75) is 50.2 Å². The third-order valence-electron chi connectivity index (χ3n) is 7.53. The Balaban J connectivity index is 1.82. The van der Waals surface area contributed by atoms with Gasteiger partial charge in [-0.1, -0.05) is 39.7 Å². The van der Waals surface area contributed by atoms with E-state index in [0.29, 0.717) is 37.4 Å². The number of aryl methyl sites for hydroxylation is 1. The fourth-order valence-electron chi connectivity index (χ4n) is 5.65. The number of fused-ring (bicyclic) bond motifs is 2. The first-order valence-electron chi connectivity index (χ1n) is 12.2. The van der Waals surface area contributed by atoms with Gasteiger partial charge in [-0.2, -0.15) is 0 Å². The number of carbonyl (C=O) groups excluding carboxylic acids is 2. The lowest BCUT2D eigenvalue weighted by molar-refractivity contribution is -0.152. The summed E-state index contributed by atoms with van der Waals surface area (Å²) in [6.07, 6.45) is -0.110. The lowest BCUT2D eigenvalue weighted by Crippen LogP contribution is -2.57. The Hall–Kier alpha value is -3.43. The van der Waals surface area contributed by atoms with Crippen molar-refractivity contribution in [1.29, 1.82) is 0 Å². The molecular weight excluding hydrogens is 591 g/mol. The average molecular weight is 616 g/mol. The Kier molecular flexibility index (Phi) is 6.71. The fourth-order valence-corrected chi connectivity index (χ4v) is 6.20. The van der Waals surface area contributed by atoms with Crippen LogP contribution >= 0.6 is 27.5 Å². The third-order valence-corrected chi connectivity index (χ3v) is 8.26. The van der Waals surface area contributed by atoms with Crippen LogP contribution in [0.15, 0.2) is 59.1 Å². The fraction of sp³-hybridized carbons (Fsp3) is 0.276. The highest BCUT2D eigenvalue weighted by Gasteiger charge is 2.62. The van der Waals surface area contributed by atoms with E-state index < -0.39 is 40.7 Å². The van der Waals surface area contributed by atoms with E-state index in [1.54, 1.807) is 49.4 Å². The molecule has 3 N–H and O–H groups in total. The molecule has 2 heterocycles. The predicted molar refractivity (Wildman–Crippen MR) is 148 cm³/mol. The molecule has 1 unspecified atom stereocenters. The highest BCUT2D eigenvalue weighted by atomic mass is 79.9. The average Bonchev–Trinajstić information content (AvgIpc) is 3.14. The van der Waals surface area contributed by atoms with Crippen molar-refractivity contribution < 1.29 is 28.6 Å². The van der Waals surface area contributed by atoms with Crippen LogP contribution in [0.5, 0.6) is 5.75 Å². The number of carboxylic acid groups (broad SMARTS) is 1. The maximum Gasteiger partial charge on any atom is 0.347 e. The normalized spacial score (nSPS) is 22.3. The van der Waals surface area contributed by atoms with Gasteiger partial charge in [-0.25, -0.2) is 9.18 Å². The van der Waals surface area contributed by atoms with Crippen LogP contribution in [-0.4, -0.2) is 28.5 Å². The molecule has 0 aliphatic carbocycles. The Morgan fingerprint density at radius 2 is 1.87 bits per heavy atom. The second-order valence-corrected chi connectivity index (χ2v) is 11.7. The van der Waals surface area contributed by atoms with Gasteiger partial charge in [0.2, 0.25) is 11.8 Å². The van der Waals surface area contributed by atoms with Gasteiger partial charge in [0.1, 0.15) is 17.0 Å². The molecule has 10 heteroatoms. The molecule has 2 amide bonds. The second kappa shape index (κ2) is 9.64. The van der Waals surface area contributed by atoms with Gasteiger partial charge >= 0.3 is 5.97 Å². The predicted octanol–water partition coefficient (Wildman–Crippen LogP) is 6.03. The number of halogens is 3. The number of rotatable bonds is 5. The Bertz CT molecular complexity index is 1540. The molecule has 0 bridgehead atoms. The number of piperidine rings is 1. The molecule has 3 aromatic carbocycles. The van der Waals surface area contributed by atoms with Gasteiger partial charge in [0, 0.05) is 33.1 Å². The van der Waals surface area contributed by atoms with Crippen molar-refractivity contribution in [2.24, 2.45) is 0 Å². The number of benzene rings is 3. The van der Waals surface area contributed by atoms with Crippen LogP contribution in [0.3, 0.4) is 0 Å². The Morgan fingerprint density at radius 3 is 2.59 bits per heavy atom. The summed E-state index contributed by atoms with van der Waals surface area (Å²) in [5.41, 5.74) is -0.377. The van der Waals surface area contributed by atoms with Gasteiger partial charge in [-0.3, -0.25) is 9.59 Å². The second-order valence-electron chi connectivity index (χ2n) is 10.4. The zero-order valence-corrected chi connectivity index (χ0v) is 23.6. The summed E-state index contributed by atoms with van der Waals surface area (Å²) in [5, 5.41) is 16.1. The molecule has 3 aromatic rings. The van der Waals surface area contributed by atoms with Crippen molar-refractivity contribution in [3.63, 3.8) is 0 Å². The van der Waals surface area contributed by atoms with Crippen LogP contribution in [0.25, 0.3) is 0 Å². The van der Waals surface area contributed by atoms with E-state index in [-0.39, 0.29) is 18.1 Å². The number of hydrogen-bond donors (Lipinski definition) is 3. The lowest BCUT2D eigenvalue weighted by atomic mass is 9.59. The summed E-state index contributed by atoms with van der Waals surface area (Å²) in [6, 6.07) is 13.4. The molecule has 5 rings (SSSR count). The molecule has 1 saturated heterocycles. The van der Waals surface area contributed by atoms with Crippen LogP contribution in [0, 0.1) is 12.7 Å². The molecule has 3 atom stereocenters. The highest BCUT2D eigenvalue weighted by Crippen LogP contribution is 2.59. The zero-order valence-electron chi connectivity index (χ0n) is 21.3. The van der Waals surface area contributed by atoms with E-state index in [1.165, 1.54) is 26.0 Å². The van der Waals surface area contributed by atoms with Crippen molar-refractivity contribution in [2.75, 3.05) is 5.32 Å². The Morgan fingerprint density at radius 1 is 1.13 bits per heavy atom. The van der Waals surface area contributed by atoms with Gasteiger partial charge in [0.05, 0.1) is 6.04 Å². The number of anilines is 1. The van der Waals surface area contributed by atoms with Crippen LogP contribution in [0.4, 0.5) is 10.1 Å². The molecule has 0 aromatic heterocycles. The number of carbonyl (C=O) groups is 3. The van der Waals surface area contributed by atoms with Crippen molar-refractivity contribution in [3.05, 3.63) is 92.2 Å². The van der Waals surface area contributed by atoms with Crippen LogP contribution in [0.2, 0.25) is 5.02 Å². The maximum atomic E-state index is 14.6. The summed E-state index contributed by atoms with van der Waals surface area (Å²) in [7, 11) is 0. The van der Waals surface area contributed by atoms with E-state index in [2.05, 4.69) is 26.6 Å². The topological polar surface area (TPSA) is 105 Å². The van der Waals surface area contributed by atoms with Crippen LogP contribution in [0.1, 0.15) is 54.5 Å². The summed E-state index contributed by atoms with van der Waals surface area (Å²) < 4.78 is 21.3. The number of carboxylic acids is 1. The first kappa shape index (κ1) is 27.1. The molecule has 0 radical (unpaired) electrons. The van der Waals surface area contributed by atoms with Crippen molar-refractivity contribution in [1.82, 2.24) is 5.32 Å². The Labute approximate surface area is 237 Å². The minimum atomic E-state index is -1.60. The summed E-state index contributed by atoms with van der Waals surface area (Å²) in [6.45, 7) is 4.63. The van der Waals surface area contributed by atoms with Crippen molar-refractivity contribution in [3.8, 4) is 5.75 Å². The maximum absolute atomic E-state index is 14.6. The lowest BCUT2D eigenvalue weighted by Gasteiger charge is -2.47. The first-order chi connectivity index (χ1) is 18.3. The number of nitrogens with one attached hydrogen (secondary N) is 2. The minimum absolute atomic E-state index is 0.110. The van der Waals surface area contributed by atoms with Gasteiger partial charge < -0.3 is 20.5 Å². The zero-order chi connectivity index (χ0) is 28.3. The van der Waals surface area contributed by atoms with E-state index in [9.17, 15) is 23.9 Å². The molecule has 2 aliphatic rings. The summed E-state index contributed by atoms with van der Waals surface area (Å²) >= 11 is 9.75. The number of ether oxygens (including phenoxy) is 1. The molecule has 202 valence electrons. The van der Waals surface area contributed by atoms with Gasteiger partial charge in [-0.05, 0) is 79.9 Å². The van der Waals surface area contributed by atoms with Gasteiger partial charge in [0.25, 0.3) is 0 Å². The molecule has 1 fully saturated rings. The van der Waals surface area contributed by atoms with E-state index in [1.807, 2.05) is 0 Å². The van der Waals surface area contributed by atoms with E-state index in [0.717, 1.165) is 0 Å². The molecule has 0 saturated carbocycles. The van der Waals surface area contributed by atoms with E-state index >= 15 is 0 Å². The standard InChI is InChI=1S/C29H25BrClFN2O5/c1-14-4-7-17(32)12-18(14)25-29(20-8-6-16(31)11-22(20)33-26(29)36)21(13-24(35)34-25)19-10-15(30)5-9-23(19)39-28(2,3)27(37)38/h4-12,21,25H,13H2,1-3H3,(H,33,36)(H,34,35)(H,37,38)/t21-,25+,29?/m1/s1. The monoisotopic (exact) mass is 614 g/mol. The number of hydrogen-bond acceptors (Lipinski definition) is 4. The van der Waals surface area contributed by atoms with Crippen LogP contribution in [-0.2, 0) is 19.8 Å². The molecule has 1 spiro atoms. The van der Waals surface area contributed by atoms with Crippen LogP contribution < -0.4 is 15.4 Å².